The largest absolute Gasteiger partial charge is 0.320 e. The van der Waals surface area contributed by atoms with E-state index in [0.29, 0.717) is 5.56 Å². The highest BCUT2D eigenvalue weighted by molar-refractivity contribution is 5.41. The van der Waals surface area contributed by atoms with E-state index < -0.39 is 0 Å². The van der Waals surface area contributed by atoms with Crippen LogP contribution in [0.3, 0.4) is 0 Å². The SMILES string of the molecule is CCCCNCc1cccn1-c1ccc(C#N)cc1. The molecule has 2 aromatic rings. The molecule has 2 rings (SSSR count). The van der Waals surface area contributed by atoms with E-state index in [-0.39, 0.29) is 0 Å². The second-order valence-corrected chi connectivity index (χ2v) is 4.56. The van der Waals surface area contributed by atoms with Crippen LogP contribution in [0.25, 0.3) is 5.69 Å². The first kappa shape index (κ1) is 13.4. The third-order valence-corrected chi connectivity index (χ3v) is 3.12. The minimum absolute atomic E-state index is 0.693. The summed E-state index contributed by atoms with van der Waals surface area (Å²) in [6, 6.07) is 14.0. The fourth-order valence-corrected chi connectivity index (χ4v) is 2.03. The van der Waals surface area contributed by atoms with Crippen molar-refractivity contribution in [3.05, 3.63) is 53.9 Å². The number of hydrogen-bond acceptors (Lipinski definition) is 2. The van der Waals surface area contributed by atoms with Crippen LogP contribution in [0.5, 0.6) is 0 Å². The molecule has 0 amide bonds. The van der Waals surface area contributed by atoms with Gasteiger partial charge in [-0.1, -0.05) is 13.3 Å². The van der Waals surface area contributed by atoms with Crippen molar-refractivity contribution in [2.24, 2.45) is 0 Å². The van der Waals surface area contributed by atoms with Crippen LogP contribution in [0.2, 0.25) is 0 Å². The number of nitrogens with zero attached hydrogens (tertiary/aromatic N) is 2. The third kappa shape index (κ3) is 3.46. The lowest BCUT2D eigenvalue weighted by Gasteiger charge is -2.10. The first-order valence-corrected chi connectivity index (χ1v) is 6.72. The number of unbranched alkanes of at least 4 members (excludes halogenated alkanes) is 1. The Balaban J connectivity index is 2.07. The molecule has 0 saturated heterocycles. The van der Waals surface area contributed by atoms with E-state index in [9.17, 15) is 0 Å². The van der Waals surface area contributed by atoms with Gasteiger partial charge in [-0.25, -0.2) is 0 Å². The zero-order chi connectivity index (χ0) is 13.5. The summed E-state index contributed by atoms with van der Waals surface area (Å²) < 4.78 is 2.15. The summed E-state index contributed by atoms with van der Waals surface area (Å²) in [6.07, 6.45) is 4.47. The molecule has 0 atom stereocenters. The number of nitriles is 1. The third-order valence-electron chi connectivity index (χ3n) is 3.12. The van der Waals surface area contributed by atoms with Gasteiger partial charge >= 0.3 is 0 Å². The van der Waals surface area contributed by atoms with Crippen LogP contribution in [-0.2, 0) is 6.54 Å². The first-order valence-electron chi connectivity index (χ1n) is 6.72. The van der Waals surface area contributed by atoms with E-state index in [1.807, 2.05) is 24.3 Å². The normalized spacial score (nSPS) is 10.3. The van der Waals surface area contributed by atoms with Gasteiger partial charge in [0.1, 0.15) is 0 Å². The molecule has 0 radical (unpaired) electrons. The number of aromatic nitrogens is 1. The Hall–Kier alpha value is -2.05. The predicted octanol–water partition coefficient (Wildman–Crippen LogP) is 3.24. The monoisotopic (exact) mass is 253 g/mol. The van der Waals surface area contributed by atoms with Crippen LogP contribution in [0.1, 0.15) is 31.0 Å². The predicted molar refractivity (Wildman–Crippen MR) is 77.1 cm³/mol. The van der Waals surface area contributed by atoms with E-state index in [0.717, 1.165) is 18.8 Å². The first-order chi connectivity index (χ1) is 9.35. The summed E-state index contributed by atoms with van der Waals surface area (Å²) in [5.74, 6) is 0. The summed E-state index contributed by atoms with van der Waals surface area (Å²) >= 11 is 0. The lowest BCUT2D eigenvalue weighted by atomic mass is 10.2. The summed E-state index contributed by atoms with van der Waals surface area (Å²) in [5.41, 5.74) is 3.02. The topological polar surface area (TPSA) is 40.8 Å². The van der Waals surface area contributed by atoms with Gasteiger partial charge in [0.05, 0.1) is 11.6 Å². The molecule has 0 bridgehead atoms. The molecule has 1 N–H and O–H groups in total. The van der Waals surface area contributed by atoms with Gasteiger partial charge in [-0.3, -0.25) is 0 Å². The average Bonchev–Trinajstić information content (AvgIpc) is 2.92. The summed E-state index contributed by atoms with van der Waals surface area (Å²) in [6.45, 7) is 4.11. The van der Waals surface area contributed by atoms with Crippen molar-refractivity contribution in [3.63, 3.8) is 0 Å². The van der Waals surface area contributed by atoms with Crippen molar-refractivity contribution in [2.45, 2.75) is 26.3 Å². The molecule has 0 saturated carbocycles. The minimum Gasteiger partial charge on any atom is -0.320 e. The van der Waals surface area contributed by atoms with Crippen LogP contribution in [0.15, 0.2) is 42.6 Å². The minimum atomic E-state index is 0.693. The number of benzene rings is 1. The Kier molecular flexibility index (Phi) is 4.77. The van der Waals surface area contributed by atoms with Crippen LogP contribution < -0.4 is 5.32 Å². The quantitative estimate of drug-likeness (QED) is 0.803. The van der Waals surface area contributed by atoms with Crippen molar-refractivity contribution in [3.8, 4) is 11.8 Å². The average molecular weight is 253 g/mol. The molecule has 0 aliphatic carbocycles. The fourth-order valence-electron chi connectivity index (χ4n) is 2.03. The molecule has 19 heavy (non-hydrogen) atoms. The molecular weight excluding hydrogens is 234 g/mol. The fraction of sp³-hybridized carbons (Fsp3) is 0.312. The van der Waals surface area contributed by atoms with Crippen molar-refractivity contribution in [1.29, 1.82) is 5.26 Å². The van der Waals surface area contributed by atoms with E-state index in [1.54, 1.807) is 0 Å². The number of rotatable bonds is 6. The maximum atomic E-state index is 8.81. The molecule has 1 heterocycles. The summed E-state index contributed by atoms with van der Waals surface area (Å²) in [5, 5.41) is 12.3. The molecule has 0 unspecified atom stereocenters. The Morgan fingerprint density at radius 2 is 2.00 bits per heavy atom. The standard InChI is InChI=1S/C16H19N3/c1-2-3-10-18-13-16-5-4-11-19(16)15-8-6-14(12-17)7-9-15/h4-9,11,18H,2-3,10,13H2,1H3. The van der Waals surface area contributed by atoms with Crippen LogP contribution >= 0.6 is 0 Å². The van der Waals surface area contributed by atoms with Gasteiger partial charge in [0.15, 0.2) is 0 Å². The number of hydrogen-bond donors (Lipinski definition) is 1. The van der Waals surface area contributed by atoms with Crippen LogP contribution in [-0.4, -0.2) is 11.1 Å². The lowest BCUT2D eigenvalue weighted by Crippen LogP contribution is -2.16. The van der Waals surface area contributed by atoms with Gasteiger partial charge in [-0.15, -0.1) is 0 Å². The van der Waals surface area contributed by atoms with Crippen molar-refractivity contribution >= 4 is 0 Å². The molecule has 0 aliphatic heterocycles. The molecule has 0 fully saturated rings. The molecule has 0 aliphatic rings. The van der Waals surface area contributed by atoms with E-state index in [4.69, 9.17) is 5.26 Å². The highest BCUT2D eigenvalue weighted by atomic mass is 15.0. The number of nitrogens with one attached hydrogen (secondary N) is 1. The van der Waals surface area contributed by atoms with E-state index in [2.05, 4.69) is 41.2 Å². The Labute approximate surface area is 114 Å². The van der Waals surface area contributed by atoms with Crippen LogP contribution in [0, 0.1) is 11.3 Å². The zero-order valence-corrected chi connectivity index (χ0v) is 11.3. The van der Waals surface area contributed by atoms with Gasteiger partial charge in [0.25, 0.3) is 0 Å². The van der Waals surface area contributed by atoms with Gasteiger partial charge in [-0.2, -0.15) is 5.26 Å². The van der Waals surface area contributed by atoms with Crippen molar-refractivity contribution < 1.29 is 0 Å². The molecule has 0 spiro atoms. The van der Waals surface area contributed by atoms with Crippen LogP contribution in [0.4, 0.5) is 0 Å². The summed E-state index contributed by atoms with van der Waals surface area (Å²) in [4.78, 5) is 0. The zero-order valence-electron chi connectivity index (χ0n) is 11.3. The molecule has 3 heteroatoms. The van der Waals surface area contributed by atoms with Gasteiger partial charge < -0.3 is 9.88 Å². The maximum Gasteiger partial charge on any atom is 0.0991 e. The highest BCUT2D eigenvalue weighted by Crippen LogP contribution is 2.13. The second kappa shape index (κ2) is 6.77. The lowest BCUT2D eigenvalue weighted by molar-refractivity contribution is 0.627. The van der Waals surface area contributed by atoms with E-state index in [1.165, 1.54) is 18.5 Å². The van der Waals surface area contributed by atoms with E-state index >= 15 is 0 Å². The molecule has 98 valence electrons. The highest BCUT2D eigenvalue weighted by Gasteiger charge is 2.02. The Morgan fingerprint density at radius 3 is 2.68 bits per heavy atom. The van der Waals surface area contributed by atoms with Gasteiger partial charge in [0.2, 0.25) is 0 Å². The molecular formula is C16H19N3. The van der Waals surface area contributed by atoms with Gasteiger partial charge in [0, 0.05) is 24.1 Å². The Bertz CT molecular complexity index is 546. The second-order valence-electron chi connectivity index (χ2n) is 4.56. The summed E-state index contributed by atoms with van der Waals surface area (Å²) in [7, 11) is 0. The molecule has 1 aromatic heterocycles. The smallest absolute Gasteiger partial charge is 0.0991 e. The Morgan fingerprint density at radius 1 is 1.21 bits per heavy atom. The van der Waals surface area contributed by atoms with Crippen molar-refractivity contribution in [2.75, 3.05) is 6.54 Å². The van der Waals surface area contributed by atoms with Gasteiger partial charge in [-0.05, 0) is 49.4 Å². The molecule has 3 nitrogen and oxygen atoms in total. The van der Waals surface area contributed by atoms with Crippen molar-refractivity contribution in [1.82, 2.24) is 9.88 Å². The molecule has 1 aromatic carbocycles. The maximum absolute atomic E-state index is 8.81.